The molecule has 2 heteroatoms. The van der Waals surface area contributed by atoms with E-state index < -0.39 is 0 Å². The topological polar surface area (TPSA) is 0 Å². The molecule has 0 saturated heterocycles. The number of rotatable bonds is 1. The van der Waals surface area contributed by atoms with E-state index in [1.807, 2.05) is 0 Å². The minimum atomic E-state index is -0.220. The Kier molecular flexibility index (Phi) is 3.55. The summed E-state index contributed by atoms with van der Waals surface area (Å²) in [6, 6.07) is 0. The van der Waals surface area contributed by atoms with Gasteiger partial charge in [-0.15, -0.1) is 0 Å². The van der Waals surface area contributed by atoms with Crippen molar-refractivity contribution in [3.63, 3.8) is 0 Å². The van der Waals surface area contributed by atoms with Crippen LogP contribution < -0.4 is 0 Å². The van der Waals surface area contributed by atoms with E-state index in [1.54, 1.807) is 0 Å². The predicted molar refractivity (Wildman–Crippen MR) is 50.7 cm³/mol. The first-order valence-electron chi connectivity index (χ1n) is 4.07. The van der Waals surface area contributed by atoms with Crippen LogP contribution in [0.25, 0.3) is 0 Å². The van der Waals surface area contributed by atoms with Crippen LogP contribution >= 0.6 is 12.7 Å². The molecule has 0 aromatic heterocycles. The van der Waals surface area contributed by atoms with Gasteiger partial charge in [-0.3, -0.25) is 0 Å². The Morgan fingerprint density at radius 2 is 2.20 bits per heavy atom. The molecular weight excluding hydrogens is 295 g/mol. The molecule has 0 aliphatic heterocycles. The molecule has 0 nitrogen and oxygen atoms in total. The average Bonchev–Trinajstić information content (AvgIpc) is 1.96. The van der Waals surface area contributed by atoms with Crippen molar-refractivity contribution in [3.05, 3.63) is 0 Å². The Labute approximate surface area is 80.1 Å². The van der Waals surface area contributed by atoms with Crippen LogP contribution in [0.3, 0.4) is 0 Å². The summed E-state index contributed by atoms with van der Waals surface area (Å²) in [5.41, 5.74) is 0. The molecule has 1 rings (SSSR count). The van der Waals surface area contributed by atoms with Crippen molar-refractivity contribution < 1.29 is 0 Å². The van der Waals surface area contributed by atoms with Crippen LogP contribution in [-0.4, -0.2) is 18.9 Å². The van der Waals surface area contributed by atoms with Gasteiger partial charge in [0, 0.05) is 0 Å². The van der Waals surface area contributed by atoms with E-state index in [2.05, 4.69) is 26.6 Å². The normalized spacial score (nSPS) is 41.7. The zero-order chi connectivity index (χ0) is 7.61. The van der Waals surface area contributed by atoms with Gasteiger partial charge in [0.05, 0.1) is 0 Å². The maximum absolute atomic E-state index is 3.78. The van der Waals surface area contributed by atoms with Crippen LogP contribution in [0.1, 0.15) is 39.5 Å². The van der Waals surface area contributed by atoms with Gasteiger partial charge in [-0.1, -0.05) is 0 Å². The average molecular weight is 310 g/mol. The third-order valence-corrected chi connectivity index (χ3v) is 12.3. The van der Waals surface area contributed by atoms with E-state index in [0.29, 0.717) is 0 Å². The van der Waals surface area contributed by atoms with Gasteiger partial charge in [-0.2, -0.15) is 0 Å². The fourth-order valence-corrected chi connectivity index (χ4v) is 7.32. The zero-order valence-corrected chi connectivity index (χ0v) is 11.2. The van der Waals surface area contributed by atoms with Crippen molar-refractivity contribution in [2.75, 3.05) is 0 Å². The van der Waals surface area contributed by atoms with Crippen molar-refractivity contribution in [3.8, 4) is 0 Å². The van der Waals surface area contributed by atoms with Crippen molar-refractivity contribution >= 4 is 31.6 Å². The second-order valence-electron chi connectivity index (χ2n) is 3.66. The van der Waals surface area contributed by atoms with Gasteiger partial charge in [0.1, 0.15) is 0 Å². The van der Waals surface area contributed by atoms with E-state index in [1.165, 1.54) is 25.7 Å². The fourth-order valence-electron chi connectivity index (χ4n) is 1.65. The Bertz CT molecular complexity index is 116. The third kappa shape index (κ3) is 1.90. The van der Waals surface area contributed by atoms with Crippen molar-refractivity contribution in [1.82, 2.24) is 0 Å². The minimum absolute atomic E-state index is 0.220. The number of hydrogen-bond donors (Lipinski definition) is 0. The summed E-state index contributed by atoms with van der Waals surface area (Å²) in [7, 11) is 0. The molecule has 0 aromatic carbocycles. The Balaban J connectivity index is 2.54. The van der Waals surface area contributed by atoms with Gasteiger partial charge in [-0.25, -0.2) is 0 Å². The first-order chi connectivity index (χ1) is 4.69. The molecule has 0 N–H and O–H groups in total. The van der Waals surface area contributed by atoms with Crippen molar-refractivity contribution in [1.29, 1.82) is 0 Å². The summed E-state index contributed by atoms with van der Waals surface area (Å²) >= 11 is 3.56. The predicted octanol–water partition coefficient (Wildman–Crippen LogP) is 3.39. The second kappa shape index (κ2) is 3.79. The molecule has 0 aromatic rings. The first-order valence-corrected chi connectivity index (χ1v) is 11.9. The Morgan fingerprint density at radius 1 is 1.50 bits per heavy atom. The molecule has 2 radical (unpaired) electrons. The summed E-state index contributed by atoms with van der Waals surface area (Å²) in [5, 5.41) is 0. The monoisotopic (exact) mass is 310 g/mol. The van der Waals surface area contributed by atoms with Gasteiger partial charge in [-0.05, 0) is 0 Å². The van der Waals surface area contributed by atoms with E-state index in [-0.39, 0.29) is 18.9 Å². The SMILES string of the molecule is CC1CCCC[C]1(C)[Sn][Br]. The molecule has 0 amide bonds. The molecule has 10 heavy (non-hydrogen) atoms. The summed E-state index contributed by atoms with van der Waals surface area (Å²) in [6.07, 6.45) is 5.92. The quantitative estimate of drug-likeness (QED) is 0.651. The maximum atomic E-state index is 3.78. The van der Waals surface area contributed by atoms with Crippen LogP contribution in [0.2, 0.25) is 3.43 Å². The standard InChI is InChI=1S/C8H15.BrH.Sn/c1-7-5-3-4-6-8(7)2;;/h7H,3-6H2,1-2H3;1H;/q;;+1/p-1. The second-order valence-corrected chi connectivity index (χ2v) is 10.1. The Morgan fingerprint density at radius 3 is 2.60 bits per heavy atom. The van der Waals surface area contributed by atoms with E-state index in [4.69, 9.17) is 0 Å². The molecule has 1 fully saturated rings. The molecule has 2 unspecified atom stereocenters. The molecule has 1 aliphatic rings. The molecule has 0 spiro atoms. The molecule has 0 bridgehead atoms. The van der Waals surface area contributed by atoms with Crippen LogP contribution in [0.5, 0.6) is 0 Å². The van der Waals surface area contributed by atoms with Gasteiger partial charge in [0.2, 0.25) is 0 Å². The van der Waals surface area contributed by atoms with Crippen LogP contribution in [0.15, 0.2) is 0 Å². The molecule has 2 atom stereocenters. The van der Waals surface area contributed by atoms with Crippen LogP contribution in [-0.2, 0) is 0 Å². The molecule has 1 aliphatic carbocycles. The summed E-state index contributed by atoms with van der Waals surface area (Å²) < 4.78 is 0.765. The molecule has 0 heterocycles. The third-order valence-electron chi connectivity index (χ3n) is 2.89. The van der Waals surface area contributed by atoms with Gasteiger partial charge in [0.25, 0.3) is 0 Å². The van der Waals surface area contributed by atoms with E-state index in [9.17, 15) is 0 Å². The van der Waals surface area contributed by atoms with Gasteiger partial charge < -0.3 is 0 Å². The first kappa shape index (κ1) is 9.37. The molecule has 58 valence electrons. The molecular formula is C8H15BrSn. The van der Waals surface area contributed by atoms with Crippen molar-refractivity contribution in [2.45, 2.75) is 43.0 Å². The van der Waals surface area contributed by atoms with Crippen LogP contribution in [0.4, 0.5) is 0 Å². The van der Waals surface area contributed by atoms with Gasteiger partial charge >= 0.3 is 80.5 Å². The van der Waals surface area contributed by atoms with Crippen LogP contribution in [0, 0.1) is 5.92 Å². The van der Waals surface area contributed by atoms with E-state index in [0.717, 1.165) is 9.35 Å². The fraction of sp³-hybridized carbons (Fsp3) is 1.00. The zero-order valence-electron chi connectivity index (χ0n) is 6.78. The van der Waals surface area contributed by atoms with Gasteiger partial charge in [0.15, 0.2) is 0 Å². The summed E-state index contributed by atoms with van der Waals surface area (Å²) in [6.45, 7) is 4.92. The summed E-state index contributed by atoms with van der Waals surface area (Å²) in [5.74, 6) is 0.993. The van der Waals surface area contributed by atoms with E-state index >= 15 is 0 Å². The summed E-state index contributed by atoms with van der Waals surface area (Å²) in [4.78, 5) is 0. The molecule has 1 saturated carbocycles. The number of halogens is 1. The number of hydrogen-bond acceptors (Lipinski definition) is 0. The Hall–Kier alpha value is 1.28. The van der Waals surface area contributed by atoms with Crippen molar-refractivity contribution in [2.24, 2.45) is 5.92 Å².